The average molecular weight is 377 g/mol. The molecule has 1 saturated heterocycles. The maximum Gasteiger partial charge on any atom is 0.325 e. The Morgan fingerprint density at radius 2 is 2.04 bits per heavy atom. The van der Waals surface area contributed by atoms with Crippen molar-refractivity contribution in [1.29, 1.82) is 0 Å². The number of aromatic nitrogens is 1. The van der Waals surface area contributed by atoms with Crippen LogP contribution in [0.5, 0.6) is 0 Å². The van der Waals surface area contributed by atoms with E-state index in [9.17, 15) is 18.8 Å². The summed E-state index contributed by atoms with van der Waals surface area (Å²) < 4.78 is 14.1. The molecule has 0 bridgehead atoms. The third-order valence-corrected chi connectivity index (χ3v) is 4.21. The lowest BCUT2D eigenvalue weighted by Crippen LogP contribution is -2.42. The summed E-state index contributed by atoms with van der Waals surface area (Å²) in [7, 11) is 0. The molecular formula is C17H14ClFN4O3. The van der Waals surface area contributed by atoms with Crippen molar-refractivity contribution in [1.82, 2.24) is 15.2 Å². The van der Waals surface area contributed by atoms with E-state index < -0.39 is 35.7 Å². The van der Waals surface area contributed by atoms with Crippen LogP contribution in [0.1, 0.15) is 12.5 Å². The highest BCUT2D eigenvalue weighted by atomic mass is 35.5. The number of nitrogens with zero attached hydrogens (tertiary/aromatic N) is 2. The Kier molecular flexibility index (Phi) is 4.60. The zero-order valence-corrected chi connectivity index (χ0v) is 14.4. The number of urea groups is 1. The van der Waals surface area contributed by atoms with Crippen molar-refractivity contribution in [2.45, 2.75) is 12.5 Å². The maximum atomic E-state index is 14.1. The second kappa shape index (κ2) is 6.72. The van der Waals surface area contributed by atoms with Gasteiger partial charge in [-0.25, -0.2) is 14.2 Å². The standard InChI is InChI=1S/C17H14ClFN4O3/c1-17(11-4-2-3-5-12(11)19)15(25)23(16(26)22-17)9-14(24)21-13-7-6-10(18)8-20-13/h2-8H,9H2,1H3,(H,22,26)(H,20,21,24). The number of halogens is 2. The Balaban J connectivity index is 1.76. The van der Waals surface area contributed by atoms with Crippen LogP contribution in [0.2, 0.25) is 5.02 Å². The summed E-state index contributed by atoms with van der Waals surface area (Å²) in [6.45, 7) is 0.864. The predicted molar refractivity (Wildman–Crippen MR) is 91.9 cm³/mol. The van der Waals surface area contributed by atoms with Crippen molar-refractivity contribution in [3.8, 4) is 0 Å². The number of imide groups is 1. The molecule has 1 aromatic heterocycles. The summed E-state index contributed by atoms with van der Waals surface area (Å²) in [6.07, 6.45) is 1.35. The number of carbonyl (C=O) groups excluding carboxylic acids is 3. The Bertz CT molecular complexity index is 890. The molecule has 2 aromatic rings. The molecular weight excluding hydrogens is 363 g/mol. The molecule has 26 heavy (non-hydrogen) atoms. The maximum absolute atomic E-state index is 14.1. The monoisotopic (exact) mass is 376 g/mol. The fourth-order valence-electron chi connectivity index (χ4n) is 2.67. The summed E-state index contributed by atoms with van der Waals surface area (Å²) in [5.41, 5.74) is -1.55. The van der Waals surface area contributed by atoms with E-state index in [1.165, 1.54) is 43.5 Å². The summed E-state index contributed by atoms with van der Waals surface area (Å²) in [5, 5.41) is 5.31. The summed E-state index contributed by atoms with van der Waals surface area (Å²) in [6, 6.07) is 7.89. The van der Waals surface area contributed by atoms with E-state index in [1.54, 1.807) is 6.07 Å². The van der Waals surface area contributed by atoms with Gasteiger partial charge in [0.15, 0.2) is 0 Å². The minimum absolute atomic E-state index is 0.0284. The highest BCUT2D eigenvalue weighted by Crippen LogP contribution is 2.30. The molecule has 1 unspecified atom stereocenters. The zero-order valence-electron chi connectivity index (χ0n) is 13.6. The molecule has 4 amide bonds. The van der Waals surface area contributed by atoms with E-state index in [1.807, 2.05) is 0 Å². The van der Waals surface area contributed by atoms with Crippen molar-refractivity contribution >= 4 is 35.3 Å². The number of carbonyl (C=O) groups is 3. The molecule has 9 heteroatoms. The van der Waals surface area contributed by atoms with Gasteiger partial charge in [0.05, 0.1) is 5.02 Å². The number of benzene rings is 1. The van der Waals surface area contributed by atoms with Gasteiger partial charge in [-0.1, -0.05) is 29.8 Å². The predicted octanol–water partition coefficient (Wildman–Crippen LogP) is 2.28. The topological polar surface area (TPSA) is 91.4 Å². The molecule has 0 aliphatic carbocycles. The second-order valence-electron chi connectivity index (χ2n) is 5.84. The summed E-state index contributed by atoms with van der Waals surface area (Å²) in [5.74, 6) is -1.74. The van der Waals surface area contributed by atoms with E-state index in [0.717, 1.165) is 4.90 Å². The van der Waals surface area contributed by atoms with Gasteiger partial charge >= 0.3 is 6.03 Å². The van der Waals surface area contributed by atoms with Crippen LogP contribution in [0.25, 0.3) is 0 Å². The molecule has 0 radical (unpaired) electrons. The van der Waals surface area contributed by atoms with Gasteiger partial charge in [0.1, 0.15) is 23.7 Å². The second-order valence-corrected chi connectivity index (χ2v) is 6.27. The minimum Gasteiger partial charge on any atom is -0.319 e. The lowest BCUT2D eigenvalue weighted by Gasteiger charge is -2.22. The molecule has 7 nitrogen and oxygen atoms in total. The van der Waals surface area contributed by atoms with Crippen LogP contribution < -0.4 is 10.6 Å². The number of rotatable bonds is 4. The highest BCUT2D eigenvalue weighted by Gasteiger charge is 2.50. The van der Waals surface area contributed by atoms with Crippen molar-refractivity contribution in [3.63, 3.8) is 0 Å². The molecule has 1 atom stereocenters. The number of amides is 4. The van der Waals surface area contributed by atoms with Crippen molar-refractivity contribution in [2.24, 2.45) is 0 Å². The number of pyridine rings is 1. The van der Waals surface area contributed by atoms with Crippen LogP contribution >= 0.6 is 11.6 Å². The van der Waals surface area contributed by atoms with Crippen LogP contribution in [0.3, 0.4) is 0 Å². The quantitative estimate of drug-likeness (QED) is 0.801. The smallest absolute Gasteiger partial charge is 0.319 e. The van der Waals surface area contributed by atoms with Crippen LogP contribution in [0.4, 0.5) is 15.0 Å². The molecule has 2 heterocycles. The molecule has 0 spiro atoms. The van der Waals surface area contributed by atoms with Crippen molar-refractivity contribution in [2.75, 3.05) is 11.9 Å². The Hall–Kier alpha value is -3.00. The van der Waals surface area contributed by atoms with Gasteiger partial charge in [-0.15, -0.1) is 0 Å². The Labute approximate surface area is 153 Å². The molecule has 1 aromatic carbocycles. The summed E-state index contributed by atoms with van der Waals surface area (Å²) in [4.78, 5) is 41.6. The lowest BCUT2D eigenvalue weighted by molar-refractivity contribution is -0.133. The number of nitrogens with one attached hydrogen (secondary N) is 2. The van der Waals surface area contributed by atoms with E-state index in [4.69, 9.17) is 11.6 Å². The molecule has 1 aliphatic rings. The van der Waals surface area contributed by atoms with E-state index in [2.05, 4.69) is 15.6 Å². The zero-order chi connectivity index (χ0) is 18.9. The van der Waals surface area contributed by atoms with Gasteiger partial charge in [0.25, 0.3) is 5.91 Å². The minimum atomic E-state index is -1.58. The number of hydrogen-bond donors (Lipinski definition) is 2. The fourth-order valence-corrected chi connectivity index (χ4v) is 2.78. The first kappa shape index (κ1) is 17.8. The average Bonchev–Trinajstić information content (AvgIpc) is 2.81. The number of hydrogen-bond acceptors (Lipinski definition) is 4. The van der Waals surface area contributed by atoms with Crippen LogP contribution in [-0.4, -0.2) is 34.3 Å². The van der Waals surface area contributed by atoms with Gasteiger partial charge in [-0.2, -0.15) is 0 Å². The van der Waals surface area contributed by atoms with E-state index >= 15 is 0 Å². The van der Waals surface area contributed by atoms with Gasteiger partial charge in [0.2, 0.25) is 5.91 Å². The molecule has 1 aliphatic heterocycles. The van der Waals surface area contributed by atoms with Gasteiger partial charge in [-0.3, -0.25) is 14.5 Å². The molecule has 1 fully saturated rings. The summed E-state index contributed by atoms with van der Waals surface area (Å²) >= 11 is 5.71. The van der Waals surface area contributed by atoms with Crippen molar-refractivity contribution in [3.05, 3.63) is 59.0 Å². The van der Waals surface area contributed by atoms with E-state index in [-0.39, 0.29) is 11.4 Å². The largest absolute Gasteiger partial charge is 0.325 e. The first-order valence-corrected chi connectivity index (χ1v) is 7.99. The third-order valence-electron chi connectivity index (χ3n) is 3.98. The van der Waals surface area contributed by atoms with Crippen LogP contribution in [0, 0.1) is 5.82 Å². The van der Waals surface area contributed by atoms with Gasteiger partial charge < -0.3 is 10.6 Å². The molecule has 134 valence electrons. The Morgan fingerprint density at radius 1 is 1.31 bits per heavy atom. The van der Waals surface area contributed by atoms with E-state index in [0.29, 0.717) is 5.02 Å². The van der Waals surface area contributed by atoms with Crippen LogP contribution in [-0.2, 0) is 15.1 Å². The Morgan fingerprint density at radius 3 is 2.69 bits per heavy atom. The van der Waals surface area contributed by atoms with Gasteiger partial charge in [0, 0.05) is 11.8 Å². The molecule has 2 N–H and O–H groups in total. The first-order valence-electron chi connectivity index (χ1n) is 7.62. The normalized spacial score (nSPS) is 19.4. The fraction of sp³-hybridized carbons (Fsp3) is 0.176. The third kappa shape index (κ3) is 3.23. The van der Waals surface area contributed by atoms with Crippen LogP contribution in [0.15, 0.2) is 42.6 Å². The van der Waals surface area contributed by atoms with Gasteiger partial charge in [-0.05, 0) is 25.1 Å². The molecule has 3 rings (SSSR count). The molecule has 0 saturated carbocycles. The van der Waals surface area contributed by atoms with Crippen molar-refractivity contribution < 1.29 is 18.8 Å². The number of anilines is 1. The lowest BCUT2D eigenvalue weighted by atomic mass is 9.91. The highest BCUT2D eigenvalue weighted by molar-refractivity contribution is 6.30. The SMILES string of the molecule is CC1(c2ccccc2F)NC(=O)N(CC(=O)Nc2ccc(Cl)cn2)C1=O. The first-order chi connectivity index (χ1) is 12.3.